The van der Waals surface area contributed by atoms with Crippen molar-refractivity contribution < 1.29 is 11.0 Å². The number of carbonyl (C=O) groups excluding carboxylic acids is 1. The van der Waals surface area contributed by atoms with Crippen molar-refractivity contribution in [3.05, 3.63) is 0 Å². The molecule has 3 nitrogen and oxygen atoms in total. The molecule has 0 saturated carbocycles. The van der Waals surface area contributed by atoms with Gasteiger partial charge in [-0.05, 0) is 19.8 Å². The predicted molar refractivity (Wildman–Crippen MR) is 49.0 cm³/mol. The van der Waals surface area contributed by atoms with E-state index in [1.807, 2.05) is 6.92 Å². The molecule has 0 aromatic rings. The highest BCUT2D eigenvalue weighted by atomic mass is 16.5. The third-order valence-electron chi connectivity index (χ3n) is 2.36. The molecule has 3 heteroatoms. The lowest BCUT2D eigenvalue weighted by molar-refractivity contribution is -0.123. The Morgan fingerprint density at radius 3 is 2.67 bits per heavy atom. The van der Waals surface area contributed by atoms with Crippen LogP contribution >= 0.6 is 0 Å². The highest BCUT2D eigenvalue weighted by molar-refractivity contribution is 5.76. The normalized spacial score (nSPS) is 21.8. The summed E-state index contributed by atoms with van der Waals surface area (Å²) in [5.74, 6) is 0.138. The zero-order valence-electron chi connectivity index (χ0n) is 7.85. The van der Waals surface area contributed by atoms with E-state index in [1.54, 1.807) is 0 Å². The second-order valence-electron chi connectivity index (χ2n) is 3.57. The van der Waals surface area contributed by atoms with E-state index in [2.05, 4.69) is 12.2 Å². The van der Waals surface area contributed by atoms with Crippen LogP contribution in [0.1, 0.15) is 34.5 Å². The number of carbonyl (C=O) groups is 1. The van der Waals surface area contributed by atoms with Gasteiger partial charge in [0.15, 0.2) is 0 Å². The first-order chi connectivity index (χ1) is 5.66. The van der Waals surface area contributed by atoms with Gasteiger partial charge in [0.25, 0.3) is 0 Å². The Hall–Kier alpha value is -0.570. The van der Waals surface area contributed by atoms with Gasteiger partial charge in [0.05, 0.1) is 0 Å². The van der Waals surface area contributed by atoms with Crippen LogP contribution in [-0.2, 0) is 9.53 Å². The van der Waals surface area contributed by atoms with Crippen LogP contribution in [-0.4, -0.2) is 24.7 Å². The predicted octanol–water partition coefficient (Wildman–Crippen LogP) is 1.33. The highest BCUT2D eigenvalue weighted by Crippen LogP contribution is 2.19. The van der Waals surface area contributed by atoms with Gasteiger partial charge in [0, 0.05) is 26.6 Å². The number of ether oxygens (including phenoxy) is 1. The first kappa shape index (κ1) is 9.52. The second kappa shape index (κ2) is 3.90. The summed E-state index contributed by atoms with van der Waals surface area (Å²) in [6, 6.07) is 0. The minimum absolute atomic E-state index is 0. The van der Waals surface area contributed by atoms with Crippen molar-refractivity contribution in [2.75, 3.05) is 13.2 Å². The third-order valence-corrected chi connectivity index (χ3v) is 2.36. The maximum absolute atomic E-state index is 11.1. The van der Waals surface area contributed by atoms with Gasteiger partial charge in [-0.1, -0.05) is 6.92 Å². The average Bonchev–Trinajstić information content (AvgIpc) is 2.05. The lowest BCUT2D eigenvalue weighted by Gasteiger charge is -2.34. The molecule has 0 unspecified atom stereocenters. The van der Waals surface area contributed by atoms with Crippen LogP contribution in [0.2, 0.25) is 0 Å². The van der Waals surface area contributed by atoms with Gasteiger partial charge in [-0.15, -0.1) is 0 Å². The van der Waals surface area contributed by atoms with Crippen molar-refractivity contribution in [2.24, 2.45) is 0 Å². The van der Waals surface area contributed by atoms with Gasteiger partial charge in [0.1, 0.15) is 0 Å². The van der Waals surface area contributed by atoms with Crippen molar-refractivity contribution >= 4 is 5.91 Å². The van der Waals surface area contributed by atoms with E-state index in [9.17, 15) is 4.79 Å². The summed E-state index contributed by atoms with van der Waals surface area (Å²) in [6.07, 6.45) is 2.42. The van der Waals surface area contributed by atoms with Gasteiger partial charge < -0.3 is 10.1 Å². The Balaban J connectivity index is 0.00000144. The van der Waals surface area contributed by atoms with Crippen LogP contribution in [0.4, 0.5) is 0 Å². The molecule has 0 spiro atoms. The van der Waals surface area contributed by atoms with Gasteiger partial charge >= 0.3 is 0 Å². The zero-order chi connectivity index (χ0) is 9.03. The van der Waals surface area contributed by atoms with Gasteiger partial charge in [-0.2, -0.15) is 0 Å². The summed E-state index contributed by atoms with van der Waals surface area (Å²) in [4.78, 5) is 11.1. The van der Waals surface area contributed by atoms with Crippen molar-refractivity contribution in [1.82, 2.24) is 5.32 Å². The van der Waals surface area contributed by atoms with E-state index >= 15 is 0 Å². The molecule has 1 N–H and O–H groups in total. The highest BCUT2D eigenvalue weighted by Gasteiger charge is 2.28. The summed E-state index contributed by atoms with van der Waals surface area (Å²) in [5, 5.41) is 3.03. The fraction of sp³-hybridized carbons (Fsp3) is 0.889. The van der Waals surface area contributed by atoms with E-state index < -0.39 is 0 Å². The van der Waals surface area contributed by atoms with Crippen molar-refractivity contribution in [1.29, 1.82) is 0 Å². The summed E-state index contributed by atoms with van der Waals surface area (Å²) < 4.78 is 5.23. The number of hydrogen-bond donors (Lipinski definition) is 1. The van der Waals surface area contributed by atoms with Crippen molar-refractivity contribution in [3.8, 4) is 0 Å². The molecule has 0 radical (unpaired) electrons. The maximum atomic E-state index is 11.1. The molecule has 0 aromatic carbocycles. The third kappa shape index (κ3) is 2.48. The van der Waals surface area contributed by atoms with E-state index in [4.69, 9.17) is 4.74 Å². The van der Waals surface area contributed by atoms with Crippen LogP contribution in [0.25, 0.3) is 0 Å². The Kier molecular flexibility index (Phi) is 3.09. The summed E-state index contributed by atoms with van der Waals surface area (Å²) in [6.45, 7) is 5.49. The molecule has 1 fully saturated rings. The molecule has 72 valence electrons. The van der Waals surface area contributed by atoms with Gasteiger partial charge in [-0.25, -0.2) is 0 Å². The fourth-order valence-electron chi connectivity index (χ4n) is 1.37. The van der Waals surface area contributed by atoms with E-state index in [-0.39, 0.29) is 12.9 Å². The topological polar surface area (TPSA) is 38.3 Å². The molecule has 1 heterocycles. The molecule has 1 aliphatic heterocycles. The van der Waals surface area contributed by atoms with Gasteiger partial charge in [-0.3, -0.25) is 4.79 Å². The Morgan fingerprint density at radius 2 is 2.17 bits per heavy atom. The fourth-order valence-corrected chi connectivity index (χ4v) is 1.37. The molecule has 1 saturated heterocycles. The van der Waals surface area contributed by atoms with E-state index in [1.165, 1.54) is 0 Å². The number of rotatable bonds is 2. The smallest absolute Gasteiger partial charge is 0.220 e. The van der Waals surface area contributed by atoms with Crippen LogP contribution in [0.3, 0.4) is 0 Å². The number of hydrogen-bond acceptors (Lipinski definition) is 2. The standard InChI is InChI=1S/C9H17NO2.H2/c1-3-8(11)10-9(2)4-6-12-7-5-9;/h3-7H2,1-2H3,(H,10,11);1H. The van der Waals surface area contributed by atoms with Crippen molar-refractivity contribution in [2.45, 2.75) is 38.6 Å². The lowest BCUT2D eigenvalue weighted by atomic mass is 9.92. The quantitative estimate of drug-likeness (QED) is 0.684. The minimum atomic E-state index is -0.0225. The summed E-state index contributed by atoms with van der Waals surface area (Å²) in [5.41, 5.74) is -0.0225. The molecule has 0 aromatic heterocycles. The van der Waals surface area contributed by atoms with Crippen LogP contribution in [0.15, 0.2) is 0 Å². The Labute approximate surface area is 75.0 Å². The molecular weight excluding hydrogens is 154 g/mol. The molecule has 1 aliphatic rings. The zero-order valence-corrected chi connectivity index (χ0v) is 7.85. The molecule has 1 rings (SSSR count). The first-order valence-corrected chi connectivity index (χ1v) is 4.55. The van der Waals surface area contributed by atoms with Gasteiger partial charge in [0.2, 0.25) is 5.91 Å². The van der Waals surface area contributed by atoms with Crippen LogP contribution < -0.4 is 5.32 Å². The summed E-state index contributed by atoms with van der Waals surface area (Å²) in [7, 11) is 0. The average molecular weight is 173 g/mol. The van der Waals surface area contributed by atoms with E-state index in [0.717, 1.165) is 26.1 Å². The monoisotopic (exact) mass is 173 g/mol. The molecule has 12 heavy (non-hydrogen) atoms. The number of amides is 1. The molecule has 1 amide bonds. The molecule has 0 atom stereocenters. The largest absolute Gasteiger partial charge is 0.381 e. The Bertz CT molecular complexity index is 167. The SMILES string of the molecule is CCC(=O)NC1(C)CCOCC1.[HH]. The lowest BCUT2D eigenvalue weighted by Crippen LogP contribution is -2.49. The minimum Gasteiger partial charge on any atom is -0.381 e. The Morgan fingerprint density at radius 1 is 1.58 bits per heavy atom. The molecular formula is C9H19NO2. The van der Waals surface area contributed by atoms with Crippen molar-refractivity contribution in [3.63, 3.8) is 0 Å². The summed E-state index contributed by atoms with van der Waals surface area (Å²) >= 11 is 0. The first-order valence-electron chi connectivity index (χ1n) is 4.55. The molecule has 0 aliphatic carbocycles. The second-order valence-corrected chi connectivity index (χ2v) is 3.57. The van der Waals surface area contributed by atoms with E-state index in [0.29, 0.717) is 6.42 Å². The molecule has 0 bridgehead atoms. The maximum Gasteiger partial charge on any atom is 0.220 e. The van der Waals surface area contributed by atoms with Crippen LogP contribution in [0, 0.1) is 0 Å². The van der Waals surface area contributed by atoms with Crippen LogP contribution in [0.5, 0.6) is 0 Å². The number of nitrogens with one attached hydrogen (secondary N) is 1.